The molecule has 0 spiro atoms. The van der Waals surface area contributed by atoms with E-state index in [0.29, 0.717) is 11.1 Å². The van der Waals surface area contributed by atoms with Crippen molar-refractivity contribution in [1.29, 1.82) is 0 Å². The van der Waals surface area contributed by atoms with Crippen LogP contribution in [0.3, 0.4) is 0 Å². The third-order valence-electron chi connectivity index (χ3n) is 4.51. The standard InChI is InChI=1S/C20H22N2O2.ClHO4.Cr.O/c23-19-11-5-1-7-15(19)13-21-17-9-3-4-10-18(17)22-14-16-8-2-6-12-20(16)24;2-1(3,4)5;;/h1-2,5-8,11-14,17-18,21-22H,3-4,9-10H2;(H,2,3,4,5);;/p-1/b15-13-,16-14-;;;/t17-,18-;;;/m0.../s1. The van der Waals surface area contributed by atoms with E-state index in [0.717, 1.165) is 12.8 Å². The molecule has 0 amide bonds. The number of halogens is 1. The van der Waals surface area contributed by atoms with Gasteiger partial charge in [0.15, 0.2) is 11.6 Å². The van der Waals surface area contributed by atoms with E-state index in [4.69, 9.17) is 22.4 Å². The van der Waals surface area contributed by atoms with Gasteiger partial charge in [-0.05, 0) is 37.1 Å². The second kappa shape index (κ2) is 14.0. The number of ketones is 2. The van der Waals surface area contributed by atoms with Gasteiger partial charge in [-0.1, -0.05) is 37.1 Å². The van der Waals surface area contributed by atoms with Crippen LogP contribution in [0.2, 0.25) is 0 Å². The van der Waals surface area contributed by atoms with Crippen molar-refractivity contribution in [3.05, 3.63) is 72.2 Å². The molecule has 9 nitrogen and oxygen atoms in total. The molecule has 3 aliphatic rings. The summed E-state index contributed by atoms with van der Waals surface area (Å²) in [6, 6.07) is 0.488. The van der Waals surface area contributed by atoms with Crippen molar-refractivity contribution in [3.63, 3.8) is 0 Å². The first-order chi connectivity index (χ1) is 14.7. The fourth-order valence-corrected chi connectivity index (χ4v) is 3.12. The molecule has 0 unspecified atom stereocenters. The van der Waals surface area contributed by atoms with Crippen molar-refractivity contribution >= 4 is 11.6 Å². The van der Waals surface area contributed by atoms with Crippen molar-refractivity contribution in [2.75, 3.05) is 0 Å². The minimum atomic E-state index is -4.94. The number of hydrogen-bond acceptors (Lipinski definition) is 9. The molecule has 0 aromatic carbocycles. The van der Waals surface area contributed by atoms with Crippen molar-refractivity contribution in [1.82, 2.24) is 10.6 Å². The molecule has 0 bridgehead atoms. The number of carbonyl (C=O) groups excluding carboxylic acids is 2. The van der Waals surface area contributed by atoms with Crippen molar-refractivity contribution in [2.24, 2.45) is 0 Å². The fourth-order valence-electron chi connectivity index (χ4n) is 3.12. The summed E-state index contributed by atoms with van der Waals surface area (Å²) >= 11 is 1.38. The molecule has 1 saturated carbocycles. The normalized spacial score (nSPS) is 24.9. The van der Waals surface area contributed by atoms with Crippen molar-refractivity contribution < 1.29 is 58.5 Å². The molecule has 0 radical (unpaired) electrons. The van der Waals surface area contributed by atoms with E-state index in [1.165, 1.54) is 29.1 Å². The van der Waals surface area contributed by atoms with Crippen LogP contribution in [-0.2, 0) is 29.6 Å². The number of allylic oxidation sites excluding steroid dienone is 10. The first-order valence-electron chi connectivity index (χ1n) is 9.23. The van der Waals surface area contributed by atoms with Crippen LogP contribution < -0.4 is 29.3 Å². The van der Waals surface area contributed by atoms with Crippen LogP contribution >= 0.6 is 0 Å². The molecular weight excluding hydrogens is 468 g/mol. The minimum absolute atomic E-state index is 0.0252. The van der Waals surface area contributed by atoms with Gasteiger partial charge in [-0.2, -0.15) is 0 Å². The first kappa shape index (κ1) is 26.9. The van der Waals surface area contributed by atoms with Crippen LogP contribution in [0.15, 0.2) is 72.2 Å². The summed E-state index contributed by atoms with van der Waals surface area (Å²) in [5.41, 5.74) is 1.35. The van der Waals surface area contributed by atoms with Crippen molar-refractivity contribution in [2.45, 2.75) is 37.8 Å². The Hall–Kier alpha value is -2.16. The van der Waals surface area contributed by atoms with E-state index in [9.17, 15) is 9.59 Å². The SMILES string of the molecule is O=C1C=CC=C/C1=C/N[C@H]1CCCC[C@@H]1N/C=C1/C=CC=CC1=O.[O-][Cl+3]([O-])([O-])[O-].[O]=[Cr]. The average Bonchev–Trinajstić information content (AvgIpc) is 2.73. The average molecular weight is 490 g/mol. The summed E-state index contributed by atoms with van der Waals surface area (Å²) in [7, 11) is -4.94. The van der Waals surface area contributed by atoms with Gasteiger partial charge in [0.05, 0.1) is 0 Å². The van der Waals surface area contributed by atoms with Gasteiger partial charge in [0, 0.05) is 35.6 Å². The van der Waals surface area contributed by atoms with Gasteiger partial charge in [-0.25, -0.2) is 18.6 Å². The molecule has 0 aromatic heterocycles. The van der Waals surface area contributed by atoms with Crippen LogP contribution in [0.1, 0.15) is 25.7 Å². The zero-order chi connectivity index (χ0) is 23.3. The third kappa shape index (κ3) is 11.1. The molecule has 31 heavy (non-hydrogen) atoms. The molecule has 3 aliphatic carbocycles. The Bertz CT molecular complexity index is 747. The number of hydrogen-bond donors (Lipinski definition) is 2. The summed E-state index contributed by atoms with van der Waals surface area (Å²) < 4.78 is 42.1. The second-order valence-electron chi connectivity index (χ2n) is 6.57. The summed E-state index contributed by atoms with van der Waals surface area (Å²) in [6.07, 6.45) is 22.1. The van der Waals surface area contributed by atoms with E-state index >= 15 is 0 Å². The Kier molecular flexibility index (Phi) is 12.1. The van der Waals surface area contributed by atoms with Crippen LogP contribution in [-0.4, -0.2) is 23.7 Å². The van der Waals surface area contributed by atoms with Gasteiger partial charge < -0.3 is 10.6 Å². The Labute approximate surface area is 190 Å². The zero-order valence-electron chi connectivity index (χ0n) is 16.4. The predicted molar refractivity (Wildman–Crippen MR) is 95.7 cm³/mol. The predicted octanol–water partition coefficient (Wildman–Crippen LogP) is -2.24. The van der Waals surface area contributed by atoms with Crippen LogP contribution in [0.5, 0.6) is 0 Å². The van der Waals surface area contributed by atoms with E-state index < -0.39 is 10.2 Å². The Balaban J connectivity index is 0.000000605. The monoisotopic (exact) mass is 489 g/mol. The molecule has 11 heteroatoms. The van der Waals surface area contributed by atoms with E-state index in [1.54, 1.807) is 24.3 Å². The fraction of sp³-hybridized carbons (Fsp3) is 0.300. The van der Waals surface area contributed by atoms with Gasteiger partial charge in [-0.15, -0.1) is 10.2 Å². The summed E-state index contributed by atoms with van der Waals surface area (Å²) in [4.78, 5) is 23.6. The van der Waals surface area contributed by atoms with Crippen LogP contribution in [0.4, 0.5) is 0 Å². The molecule has 0 aliphatic heterocycles. The second-order valence-corrected chi connectivity index (χ2v) is 7.33. The Morgan fingerprint density at radius 2 is 1.06 bits per heavy atom. The quantitative estimate of drug-likeness (QED) is 0.415. The van der Waals surface area contributed by atoms with Gasteiger partial charge in [0.2, 0.25) is 0 Å². The van der Waals surface area contributed by atoms with E-state index in [2.05, 4.69) is 10.6 Å². The summed E-state index contributed by atoms with van der Waals surface area (Å²) in [5, 5.41) is 6.79. The third-order valence-corrected chi connectivity index (χ3v) is 4.51. The Morgan fingerprint density at radius 1 is 0.742 bits per heavy atom. The van der Waals surface area contributed by atoms with E-state index in [-0.39, 0.29) is 23.7 Å². The molecule has 168 valence electrons. The van der Waals surface area contributed by atoms with E-state index in [1.807, 2.05) is 36.7 Å². The Morgan fingerprint density at radius 3 is 1.39 bits per heavy atom. The number of rotatable bonds is 4. The van der Waals surface area contributed by atoms with Crippen molar-refractivity contribution in [3.8, 4) is 0 Å². The maximum atomic E-state index is 11.8. The first-order valence-corrected chi connectivity index (χ1v) is 11.0. The zero-order valence-corrected chi connectivity index (χ0v) is 18.4. The van der Waals surface area contributed by atoms with Gasteiger partial charge in [0.25, 0.3) is 0 Å². The summed E-state index contributed by atoms with van der Waals surface area (Å²) in [5.74, 6) is 0.0503. The molecule has 0 heterocycles. The van der Waals surface area contributed by atoms with Crippen LogP contribution in [0, 0.1) is 10.2 Å². The molecule has 0 saturated heterocycles. The van der Waals surface area contributed by atoms with Crippen LogP contribution in [0.25, 0.3) is 0 Å². The number of nitrogens with one attached hydrogen (secondary N) is 2. The topological polar surface area (TPSA) is 168 Å². The van der Waals surface area contributed by atoms with Gasteiger partial charge >= 0.3 is 20.0 Å². The molecular formula is C20H22ClCrN2O7-. The van der Waals surface area contributed by atoms with Gasteiger partial charge in [-0.3, -0.25) is 9.59 Å². The molecule has 2 N–H and O–H groups in total. The summed E-state index contributed by atoms with van der Waals surface area (Å²) in [6.45, 7) is 0. The molecule has 2 atom stereocenters. The molecule has 1 fully saturated rings. The molecule has 0 aromatic rings. The van der Waals surface area contributed by atoms with Gasteiger partial charge in [0.1, 0.15) is 0 Å². The number of carbonyl (C=O) groups is 2. The maximum absolute atomic E-state index is 11.8. The molecule has 3 rings (SSSR count).